The van der Waals surface area contributed by atoms with E-state index in [4.69, 9.17) is 4.84 Å². The van der Waals surface area contributed by atoms with Crippen LogP contribution in [0.5, 0.6) is 0 Å². The molecule has 0 saturated carbocycles. The molecule has 0 aromatic carbocycles. The monoisotopic (exact) mass is 202 g/mol. The lowest BCUT2D eigenvalue weighted by atomic mass is 10.3. The van der Waals surface area contributed by atoms with E-state index in [2.05, 4.69) is 5.32 Å². The maximum absolute atomic E-state index is 11.7. The number of thioether (sulfide) groups is 1. The van der Waals surface area contributed by atoms with Crippen LogP contribution >= 0.6 is 11.8 Å². The first-order valence-electron chi connectivity index (χ1n) is 4.63. The zero-order chi connectivity index (χ0) is 9.10. The number of rotatable bonds is 1. The molecule has 1 atom stereocenters. The second-order valence-electron chi connectivity index (χ2n) is 3.21. The highest BCUT2D eigenvalue weighted by atomic mass is 32.2. The Labute approximate surface area is 81.9 Å². The van der Waals surface area contributed by atoms with Gasteiger partial charge in [-0.2, -0.15) is 11.8 Å². The standard InChI is InChI=1S/C8H14N2O2S/c11-8(10-3-1-4-12-10)7-6-13-5-2-9-7/h7,9H,1-6H2. The molecule has 0 aromatic rings. The van der Waals surface area contributed by atoms with E-state index in [0.717, 1.165) is 31.0 Å². The average Bonchev–Trinajstić information content (AvgIpc) is 2.71. The Kier molecular flexibility index (Phi) is 3.08. The van der Waals surface area contributed by atoms with Crippen molar-refractivity contribution in [2.45, 2.75) is 12.5 Å². The molecule has 2 aliphatic rings. The average molecular weight is 202 g/mol. The molecule has 1 amide bonds. The number of hydrogen-bond donors (Lipinski definition) is 1. The fourth-order valence-electron chi connectivity index (χ4n) is 1.52. The highest BCUT2D eigenvalue weighted by Gasteiger charge is 2.28. The number of carbonyl (C=O) groups is 1. The number of hydrogen-bond acceptors (Lipinski definition) is 4. The van der Waals surface area contributed by atoms with Gasteiger partial charge < -0.3 is 5.32 Å². The summed E-state index contributed by atoms with van der Waals surface area (Å²) in [5, 5.41) is 4.71. The molecule has 1 unspecified atom stereocenters. The van der Waals surface area contributed by atoms with Crippen LogP contribution in [0.4, 0.5) is 0 Å². The minimum Gasteiger partial charge on any atom is -0.304 e. The predicted octanol–water partition coefficient (Wildman–Crippen LogP) is -0.145. The molecule has 0 aromatic heterocycles. The lowest BCUT2D eigenvalue weighted by Gasteiger charge is -2.25. The zero-order valence-corrected chi connectivity index (χ0v) is 8.31. The zero-order valence-electron chi connectivity index (χ0n) is 7.49. The summed E-state index contributed by atoms with van der Waals surface area (Å²) in [6, 6.07) is -0.0307. The molecule has 13 heavy (non-hydrogen) atoms. The van der Waals surface area contributed by atoms with Crippen molar-refractivity contribution >= 4 is 17.7 Å². The molecule has 0 bridgehead atoms. The first kappa shape index (κ1) is 9.30. The molecule has 5 heteroatoms. The highest BCUT2D eigenvalue weighted by molar-refractivity contribution is 7.99. The van der Waals surface area contributed by atoms with E-state index in [1.54, 1.807) is 0 Å². The van der Waals surface area contributed by atoms with Crippen LogP contribution in [0.15, 0.2) is 0 Å². The molecule has 1 N–H and O–H groups in total. The van der Waals surface area contributed by atoms with Crippen molar-refractivity contribution in [3.8, 4) is 0 Å². The van der Waals surface area contributed by atoms with Crippen LogP contribution in [0.1, 0.15) is 6.42 Å². The maximum atomic E-state index is 11.7. The minimum atomic E-state index is -0.0307. The van der Waals surface area contributed by atoms with Crippen molar-refractivity contribution in [2.24, 2.45) is 0 Å². The van der Waals surface area contributed by atoms with Gasteiger partial charge in [-0.1, -0.05) is 0 Å². The van der Waals surface area contributed by atoms with Crippen LogP contribution in [0.25, 0.3) is 0 Å². The van der Waals surface area contributed by atoms with Crippen molar-refractivity contribution in [3.63, 3.8) is 0 Å². The highest BCUT2D eigenvalue weighted by Crippen LogP contribution is 2.12. The second kappa shape index (κ2) is 4.30. The molecule has 2 aliphatic heterocycles. The number of nitrogens with zero attached hydrogens (tertiary/aromatic N) is 1. The van der Waals surface area contributed by atoms with Gasteiger partial charge in [0.15, 0.2) is 0 Å². The molecule has 2 fully saturated rings. The normalized spacial score (nSPS) is 29.2. The van der Waals surface area contributed by atoms with Gasteiger partial charge in [0.2, 0.25) is 0 Å². The van der Waals surface area contributed by atoms with Crippen LogP contribution < -0.4 is 5.32 Å². The Bertz CT molecular complexity index is 189. The number of hydroxylamine groups is 2. The molecule has 74 valence electrons. The van der Waals surface area contributed by atoms with E-state index in [0.29, 0.717) is 6.61 Å². The summed E-state index contributed by atoms with van der Waals surface area (Å²) in [5.41, 5.74) is 0. The van der Waals surface area contributed by atoms with E-state index >= 15 is 0 Å². The van der Waals surface area contributed by atoms with Crippen molar-refractivity contribution in [1.82, 2.24) is 10.4 Å². The van der Waals surface area contributed by atoms with Crippen LogP contribution in [0, 0.1) is 0 Å². The van der Waals surface area contributed by atoms with Gasteiger partial charge in [0.05, 0.1) is 19.2 Å². The van der Waals surface area contributed by atoms with Gasteiger partial charge in [0.1, 0.15) is 0 Å². The van der Waals surface area contributed by atoms with Gasteiger partial charge in [0.25, 0.3) is 5.91 Å². The third-order valence-electron chi connectivity index (χ3n) is 2.22. The predicted molar refractivity (Wildman–Crippen MR) is 51.4 cm³/mol. The molecular weight excluding hydrogens is 188 g/mol. The molecular formula is C8H14N2O2S. The van der Waals surface area contributed by atoms with Crippen molar-refractivity contribution < 1.29 is 9.63 Å². The molecule has 2 heterocycles. The Morgan fingerprint density at radius 1 is 1.62 bits per heavy atom. The van der Waals surface area contributed by atoms with Crippen molar-refractivity contribution in [1.29, 1.82) is 0 Å². The molecule has 2 saturated heterocycles. The van der Waals surface area contributed by atoms with Gasteiger partial charge in [0, 0.05) is 18.1 Å². The number of carbonyl (C=O) groups excluding carboxylic acids is 1. The van der Waals surface area contributed by atoms with Gasteiger partial charge in [-0.25, -0.2) is 5.06 Å². The Hall–Kier alpha value is -0.260. The molecule has 0 spiro atoms. The summed E-state index contributed by atoms with van der Waals surface area (Å²) in [7, 11) is 0. The first-order chi connectivity index (χ1) is 6.38. The van der Waals surface area contributed by atoms with E-state index in [-0.39, 0.29) is 11.9 Å². The van der Waals surface area contributed by atoms with Crippen molar-refractivity contribution in [2.75, 3.05) is 31.2 Å². The maximum Gasteiger partial charge on any atom is 0.264 e. The van der Waals surface area contributed by atoms with E-state index in [9.17, 15) is 4.79 Å². The quantitative estimate of drug-likeness (QED) is 0.642. The minimum absolute atomic E-state index is 0.0307. The third kappa shape index (κ3) is 2.15. The first-order valence-corrected chi connectivity index (χ1v) is 5.79. The largest absolute Gasteiger partial charge is 0.304 e. The topological polar surface area (TPSA) is 41.6 Å². The lowest BCUT2D eigenvalue weighted by Crippen LogP contribution is -2.49. The Morgan fingerprint density at radius 2 is 2.54 bits per heavy atom. The Balaban J connectivity index is 1.87. The summed E-state index contributed by atoms with van der Waals surface area (Å²) >= 11 is 1.82. The van der Waals surface area contributed by atoms with Gasteiger partial charge in [-0.05, 0) is 6.42 Å². The summed E-state index contributed by atoms with van der Waals surface area (Å²) < 4.78 is 0. The number of amides is 1. The lowest BCUT2D eigenvalue weighted by molar-refractivity contribution is -0.170. The van der Waals surface area contributed by atoms with Crippen LogP contribution in [-0.4, -0.2) is 48.2 Å². The van der Waals surface area contributed by atoms with Crippen LogP contribution in [-0.2, 0) is 9.63 Å². The Morgan fingerprint density at radius 3 is 3.15 bits per heavy atom. The summed E-state index contributed by atoms with van der Waals surface area (Å²) in [6.07, 6.45) is 0.964. The smallest absolute Gasteiger partial charge is 0.264 e. The van der Waals surface area contributed by atoms with Crippen molar-refractivity contribution in [3.05, 3.63) is 0 Å². The van der Waals surface area contributed by atoms with Crippen LogP contribution in [0.2, 0.25) is 0 Å². The number of nitrogens with one attached hydrogen (secondary N) is 1. The van der Waals surface area contributed by atoms with Gasteiger partial charge in [-0.15, -0.1) is 0 Å². The molecule has 0 aliphatic carbocycles. The van der Waals surface area contributed by atoms with E-state index < -0.39 is 0 Å². The van der Waals surface area contributed by atoms with Gasteiger partial charge in [-0.3, -0.25) is 9.63 Å². The fourth-order valence-corrected chi connectivity index (χ4v) is 2.44. The van der Waals surface area contributed by atoms with E-state index in [1.807, 2.05) is 11.8 Å². The summed E-state index contributed by atoms with van der Waals surface area (Å²) in [5.74, 6) is 2.08. The molecule has 2 rings (SSSR count). The summed E-state index contributed by atoms with van der Waals surface area (Å²) in [6.45, 7) is 2.36. The summed E-state index contributed by atoms with van der Waals surface area (Å²) in [4.78, 5) is 16.9. The second-order valence-corrected chi connectivity index (χ2v) is 4.36. The fraction of sp³-hybridized carbons (Fsp3) is 0.875. The molecule has 4 nitrogen and oxygen atoms in total. The van der Waals surface area contributed by atoms with Crippen LogP contribution in [0.3, 0.4) is 0 Å². The molecule has 0 radical (unpaired) electrons. The third-order valence-corrected chi connectivity index (χ3v) is 3.28. The van der Waals surface area contributed by atoms with Gasteiger partial charge >= 0.3 is 0 Å². The van der Waals surface area contributed by atoms with E-state index in [1.165, 1.54) is 5.06 Å². The SMILES string of the molecule is O=C(C1CSCCN1)N1CCCO1.